The van der Waals surface area contributed by atoms with Crippen LogP contribution in [0, 0.1) is 0 Å². The van der Waals surface area contributed by atoms with Gasteiger partial charge >= 0.3 is 0 Å². The number of aryl methyl sites for hydroxylation is 1. The van der Waals surface area contributed by atoms with E-state index in [0.29, 0.717) is 12.8 Å². The number of aromatic amines is 1. The van der Waals surface area contributed by atoms with E-state index < -0.39 is 0 Å². The Kier molecular flexibility index (Phi) is 6.30. The number of hydrogen-bond acceptors (Lipinski definition) is 4. The summed E-state index contributed by atoms with van der Waals surface area (Å²) in [4.78, 5) is 20.4. The van der Waals surface area contributed by atoms with Crippen LogP contribution in [-0.2, 0) is 11.2 Å². The number of nitrogens with one attached hydrogen (secondary N) is 2. The lowest BCUT2D eigenvalue weighted by Crippen LogP contribution is -2.26. The average Bonchev–Trinajstić information content (AvgIpc) is 3.56. The van der Waals surface area contributed by atoms with E-state index in [1.54, 1.807) is 18.1 Å². The van der Waals surface area contributed by atoms with Crippen LogP contribution in [0.2, 0.25) is 0 Å². The minimum atomic E-state index is -0.101. The van der Waals surface area contributed by atoms with Crippen molar-refractivity contribution in [2.45, 2.75) is 25.8 Å². The summed E-state index contributed by atoms with van der Waals surface area (Å²) >= 11 is 0. The molecule has 7 nitrogen and oxygen atoms in total. The number of ether oxygens (including phenoxy) is 1. The molecule has 1 amide bonds. The molecule has 3 aromatic carbocycles. The van der Waals surface area contributed by atoms with E-state index in [2.05, 4.69) is 32.5 Å². The van der Waals surface area contributed by atoms with Crippen molar-refractivity contribution in [3.8, 4) is 22.7 Å². The van der Waals surface area contributed by atoms with Crippen molar-refractivity contribution in [2.75, 3.05) is 7.11 Å². The Balaban J connectivity index is 1.29. The molecule has 0 bridgehead atoms. The van der Waals surface area contributed by atoms with Crippen LogP contribution in [0.25, 0.3) is 27.8 Å². The fourth-order valence-electron chi connectivity index (χ4n) is 4.36. The first-order chi connectivity index (χ1) is 17.1. The Hall–Kier alpha value is -4.39. The molecule has 2 N–H and O–H groups in total. The summed E-state index contributed by atoms with van der Waals surface area (Å²) in [7, 11) is 1.66. The number of rotatable bonds is 8. The molecule has 5 rings (SSSR count). The van der Waals surface area contributed by atoms with E-state index in [1.165, 1.54) is 6.33 Å². The van der Waals surface area contributed by atoms with Crippen molar-refractivity contribution in [3.05, 3.63) is 96.6 Å². The van der Waals surface area contributed by atoms with Crippen molar-refractivity contribution >= 4 is 16.8 Å². The summed E-state index contributed by atoms with van der Waals surface area (Å²) in [6.45, 7) is 2.00. The molecule has 1 atom stereocenters. The Morgan fingerprint density at radius 2 is 1.83 bits per heavy atom. The maximum atomic E-state index is 12.9. The minimum absolute atomic E-state index is 0.0174. The lowest BCUT2D eigenvalue weighted by molar-refractivity contribution is -0.121. The molecule has 176 valence electrons. The number of aromatic nitrogens is 4. The number of carbonyl (C=O) groups excluding carboxylic acids is 1. The molecule has 0 radical (unpaired) electrons. The molecule has 2 aromatic heterocycles. The van der Waals surface area contributed by atoms with Crippen LogP contribution in [0.5, 0.6) is 5.75 Å². The molecule has 0 aliphatic carbocycles. The second-order valence-corrected chi connectivity index (χ2v) is 8.47. The molecular weight excluding hydrogens is 438 g/mol. The van der Waals surface area contributed by atoms with E-state index in [0.717, 1.165) is 44.7 Å². The molecule has 0 saturated heterocycles. The highest BCUT2D eigenvalue weighted by atomic mass is 16.5. The molecule has 0 saturated carbocycles. The molecule has 2 heterocycles. The van der Waals surface area contributed by atoms with Gasteiger partial charge in [0.1, 0.15) is 18.4 Å². The van der Waals surface area contributed by atoms with Crippen LogP contribution in [-0.4, -0.2) is 32.8 Å². The van der Waals surface area contributed by atoms with E-state index in [1.807, 2.05) is 67.6 Å². The normalized spacial score (nSPS) is 11.9. The van der Waals surface area contributed by atoms with E-state index >= 15 is 0 Å². The maximum Gasteiger partial charge on any atom is 0.220 e. The van der Waals surface area contributed by atoms with Gasteiger partial charge in [-0.05, 0) is 72.5 Å². The molecule has 0 spiro atoms. The van der Waals surface area contributed by atoms with Crippen LogP contribution >= 0.6 is 0 Å². The third-order valence-electron chi connectivity index (χ3n) is 6.25. The zero-order chi connectivity index (χ0) is 24.2. The van der Waals surface area contributed by atoms with Crippen LogP contribution in [0.3, 0.4) is 0 Å². The fourth-order valence-corrected chi connectivity index (χ4v) is 4.36. The van der Waals surface area contributed by atoms with Gasteiger partial charge in [-0.3, -0.25) is 4.79 Å². The summed E-state index contributed by atoms with van der Waals surface area (Å²) in [5.74, 6) is 0.831. The van der Waals surface area contributed by atoms with Gasteiger partial charge in [-0.15, -0.1) is 0 Å². The number of H-pyrrole nitrogens is 1. The van der Waals surface area contributed by atoms with Crippen molar-refractivity contribution in [1.82, 2.24) is 25.1 Å². The first-order valence-electron chi connectivity index (χ1n) is 11.6. The summed E-state index contributed by atoms with van der Waals surface area (Å²) in [5, 5.41) is 8.42. The van der Waals surface area contributed by atoms with Crippen LogP contribution in [0.4, 0.5) is 0 Å². The van der Waals surface area contributed by atoms with E-state index in [9.17, 15) is 4.79 Å². The highest BCUT2D eigenvalue weighted by molar-refractivity contribution is 5.91. The molecule has 0 aliphatic heterocycles. The number of fused-ring (bicyclic) bond motifs is 1. The number of para-hydroxylation sites is 1. The lowest BCUT2D eigenvalue weighted by atomic mass is 10.0. The van der Waals surface area contributed by atoms with Gasteiger partial charge in [-0.1, -0.05) is 30.3 Å². The number of carbonyl (C=O) groups is 1. The topological polar surface area (TPSA) is 84.8 Å². The summed E-state index contributed by atoms with van der Waals surface area (Å²) < 4.78 is 7.00. The third-order valence-corrected chi connectivity index (χ3v) is 6.25. The highest BCUT2D eigenvalue weighted by Crippen LogP contribution is 2.32. The first kappa shape index (κ1) is 22.4. The monoisotopic (exact) mass is 465 g/mol. The fraction of sp³-hybridized carbons (Fsp3) is 0.179. The van der Waals surface area contributed by atoms with Crippen LogP contribution in [0.15, 0.2) is 85.5 Å². The molecule has 35 heavy (non-hydrogen) atoms. The number of benzene rings is 3. The van der Waals surface area contributed by atoms with Gasteiger partial charge in [0.15, 0.2) is 0 Å². The predicted octanol–water partition coefficient (Wildman–Crippen LogP) is 5.23. The largest absolute Gasteiger partial charge is 0.497 e. The quantitative estimate of drug-likeness (QED) is 0.328. The van der Waals surface area contributed by atoms with Gasteiger partial charge < -0.3 is 15.0 Å². The van der Waals surface area contributed by atoms with Gasteiger partial charge in [0.25, 0.3) is 0 Å². The van der Waals surface area contributed by atoms with Gasteiger partial charge in [0.2, 0.25) is 5.91 Å². The first-order valence-corrected chi connectivity index (χ1v) is 11.6. The van der Waals surface area contributed by atoms with Crippen LogP contribution < -0.4 is 10.1 Å². The number of hydrogen-bond donors (Lipinski definition) is 2. The van der Waals surface area contributed by atoms with Crippen molar-refractivity contribution in [1.29, 1.82) is 0 Å². The minimum Gasteiger partial charge on any atom is -0.497 e. The lowest BCUT2D eigenvalue weighted by Gasteiger charge is -2.15. The van der Waals surface area contributed by atoms with Gasteiger partial charge in [-0.25, -0.2) is 9.67 Å². The van der Waals surface area contributed by atoms with Crippen molar-refractivity contribution in [2.24, 2.45) is 0 Å². The Morgan fingerprint density at radius 3 is 2.54 bits per heavy atom. The molecule has 0 aliphatic rings. The maximum absolute atomic E-state index is 12.9. The SMILES string of the molecule is COc1ccc(-c2[nH]c3ccccc3c2CCC(=O)NC(C)c2ccc(-n3cncn3)cc2)cc1. The highest BCUT2D eigenvalue weighted by Gasteiger charge is 2.16. The van der Waals surface area contributed by atoms with E-state index in [-0.39, 0.29) is 11.9 Å². The summed E-state index contributed by atoms with van der Waals surface area (Å²) in [6.07, 6.45) is 4.19. The van der Waals surface area contributed by atoms with Gasteiger partial charge in [-0.2, -0.15) is 5.10 Å². The van der Waals surface area contributed by atoms with Gasteiger partial charge in [0.05, 0.1) is 18.8 Å². The Bertz CT molecular complexity index is 1420. The Morgan fingerprint density at radius 1 is 1.06 bits per heavy atom. The van der Waals surface area contributed by atoms with Crippen molar-refractivity contribution in [3.63, 3.8) is 0 Å². The number of nitrogens with zero attached hydrogens (tertiary/aromatic N) is 3. The Labute approximate surface area is 203 Å². The smallest absolute Gasteiger partial charge is 0.220 e. The average molecular weight is 466 g/mol. The predicted molar refractivity (Wildman–Crippen MR) is 137 cm³/mol. The zero-order valence-corrected chi connectivity index (χ0v) is 19.7. The molecule has 7 heteroatoms. The second kappa shape index (κ2) is 9.85. The number of methoxy groups -OCH3 is 1. The van der Waals surface area contributed by atoms with Gasteiger partial charge in [0, 0.05) is 23.0 Å². The van der Waals surface area contributed by atoms with Crippen molar-refractivity contribution < 1.29 is 9.53 Å². The third kappa shape index (κ3) is 4.80. The second-order valence-electron chi connectivity index (χ2n) is 8.47. The summed E-state index contributed by atoms with van der Waals surface area (Å²) in [5.41, 5.74) is 6.28. The van der Waals surface area contributed by atoms with Crippen LogP contribution in [0.1, 0.15) is 30.5 Å². The zero-order valence-electron chi connectivity index (χ0n) is 19.7. The molecular formula is C28H27N5O2. The summed E-state index contributed by atoms with van der Waals surface area (Å²) in [6, 6.07) is 24.0. The standard InChI is InChI=1S/C28H27N5O2/c1-19(20-7-11-22(12-8-20)33-18-29-17-30-33)31-27(34)16-15-25-24-5-3-4-6-26(24)32-28(25)21-9-13-23(35-2)14-10-21/h3-14,17-19,32H,15-16H2,1-2H3,(H,31,34). The van der Waals surface area contributed by atoms with E-state index in [4.69, 9.17) is 4.74 Å². The molecule has 5 aromatic rings. The molecule has 1 unspecified atom stereocenters. The molecule has 0 fully saturated rings. The number of amides is 1.